The molecule has 0 saturated carbocycles. The number of benzene rings is 1. The van der Waals surface area contributed by atoms with E-state index >= 15 is 0 Å². The van der Waals surface area contributed by atoms with Gasteiger partial charge in [-0.1, -0.05) is 30.3 Å². The number of aliphatic carboxylic acids is 1. The molecule has 2 aliphatic heterocycles. The maximum atomic E-state index is 12.1. The zero-order valence-electron chi connectivity index (χ0n) is 14.3. The van der Waals surface area contributed by atoms with E-state index in [9.17, 15) is 24.3 Å². The van der Waals surface area contributed by atoms with Gasteiger partial charge in [0.25, 0.3) is 5.91 Å². The number of hydrogen-bond donors (Lipinski definition) is 4. The molecule has 0 spiro atoms. The van der Waals surface area contributed by atoms with E-state index in [1.807, 2.05) is 30.3 Å². The summed E-state index contributed by atoms with van der Waals surface area (Å²) in [4.78, 5) is 48.1. The first-order chi connectivity index (χ1) is 12.9. The third-order valence-corrected chi connectivity index (χ3v) is 5.35. The molecule has 0 radical (unpaired) electrons. The number of carbonyl (C=O) groups excluding carboxylic acids is 3. The summed E-state index contributed by atoms with van der Waals surface area (Å²) in [6, 6.07) is 8.05. The number of fused-ring (bicyclic) bond motifs is 1. The molecule has 3 atom stereocenters. The monoisotopic (exact) mass is 390 g/mol. The molecule has 1 saturated heterocycles. The predicted octanol–water partition coefficient (Wildman–Crippen LogP) is 0.200. The molecule has 0 aliphatic carbocycles. The van der Waals surface area contributed by atoms with E-state index in [0.29, 0.717) is 6.54 Å². The van der Waals surface area contributed by atoms with Crippen LogP contribution in [0.25, 0.3) is 0 Å². The van der Waals surface area contributed by atoms with E-state index in [1.165, 1.54) is 24.8 Å². The summed E-state index contributed by atoms with van der Waals surface area (Å²) >= 11 is 1.18. The van der Waals surface area contributed by atoms with Gasteiger partial charge >= 0.3 is 12.0 Å². The van der Waals surface area contributed by atoms with Crippen molar-refractivity contribution in [1.29, 1.82) is 0 Å². The molecule has 0 bridgehead atoms. The Morgan fingerprint density at radius 1 is 1.19 bits per heavy atom. The summed E-state index contributed by atoms with van der Waals surface area (Å²) in [7, 11) is 0. The third-order valence-electron chi connectivity index (χ3n) is 4.05. The topological polar surface area (TPSA) is 128 Å². The second-order valence-corrected chi connectivity index (χ2v) is 7.27. The van der Waals surface area contributed by atoms with Gasteiger partial charge in [0, 0.05) is 13.5 Å². The van der Waals surface area contributed by atoms with Crippen LogP contribution in [0.15, 0.2) is 42.1 Å². The maximum Gasteiger partial charge on any atom is 0.352 e. The highest BCUT2D eigenvalue weighted by Gasteiger charge is 2.54. The zero-order chi connectivity index (χ0) is 19.6. The minimum Gasteiger partial charge on any atom is -0.477 e. The molecule has 1 aromatic carbocycles. The summed E-state index contributed by atoms with van der Waals surface area (Å²) in [5, 5.41) is 16.0. The first kappa shape index (κ1) is 18.8. The van der Waals surface area contributed by atoms with Gasteiger partial charge in [-0.25, -0.2) is 9.59 Å². The number of rotatable bonds is 5. The number of nitrogens with one attached hydrogen (secondary N) is 3. The van der Waals surface area contributed by atoms with Crippen LogP contribution < -0.4 is 16.0 Å². The molecule has 27 heavy (non-hydrogen) atoms. The van der Waals surface area contributed by atoms with Crippen molar-refractivity contribution >= 4 is 35.6 Å². The van der Waals surface area contributed by atoms with Crippen LogP contribution in [0.2, 0.25) is 0 Å². The molecule has 0 aromatic heterocycles. The van der Waals surface area contributed by atoms with Gasteiger partial charge in [0.2, 0.25) is 5.91 Å². The van der Waals surface area contributed by atoms with Crippen molar-refractivity contribution in [3.05, 3.63) is 47.7 Å². The Hall–Kier alpha value is -3.01. The maximum absolute atomic E-state index is 12.1. The van der Waals surface area contributed by atoms with Gasteiger partial charge in [-0.15, -0.1) is 11.8 Å². The Kier molecular flexibility index (Phi) is 5.36. The summed E-state index contributed by atoms with van der Waals surface area (Å²) < 4.78 is 0. The van der Waals surface area contributed by atoms with Gasteiger partial charge in [-0.3, -0.25) is 14.5 Å². The van der Waals surface area contributed by atoms with Crippen LogP contribution in [0, 0.1) is 0 Å². The number of β-lactam (4-membered cyclic amide) rings is 1. The fourth-order valence-corrected chi connectivity index (χ4v) is 4.20. The highest BCUT2D eigenvalue weighted by Crippen LogP contribution is 2.40. The minimum absolute atomic E-state index is 0.210. The van der Waals surface area contributed by atoms with Gasteiger partial charge < -0.3 is 21.1 Å². The van der Waals surface area contributed by atoms with Gasteiger partial charge in [-0.2, -0.15) is 0 Å². The normalized spacial score (nSPS) is 23.4. The van der Waals surface area contributed by atoms with Crippen molar-refractivity contribution < 1.29 is 24.3 Å². The second kappa shape index (κ2) is 7.70. The van der Waals surface area contributed by atoms with Crippen LogP contribution in [-0.4, -0.2) is 50.6 Å². The van der Waals surface area contributed by atoms with Crippen LogP contribution in [-0.2, 0) is 20.9 Å². The molecular formula is C17H18N4O5S. The Morgan fingerprint density at radius 3 is 2.52 bits per heavy atom. The Bertz CT molecular complexity index is 813. The van der Waals surface area contributed by atoms with Crippen molar-refractivity contribution in [2.24, 2.45) is 0 Å². The number of amides is 4. The SMILES string of the molecule is CC(=O)NC1C(=O)N2C(C(=O)O)=CC(NC(=O)NCc3ccccc3)S[C@H]12. The van der Waals surface area contributed by atoms with Gasteiger partial charge in [-0.05, 0) is 11.6 Å². The largest absolute Gasteiger partial charge is 0.477 e. The molecule has 9 nitrogen and oxygen atoms in total. The number of thioether (sulfide) groups is 1. The van der Waals surface area contributed by atoms with Crippen LogP contribution in [0.3, 0.4) is 0 Å². The molecule has 2 heterocycles. The summed E-state index contributed by atoms with van der Waals surface area (Å²) in [5.74, 6) is -2.14. The molecular weight excluding hydrogens is 372 g/mol. The Morgan fingerprint density at radius 2 is 1.89 bits per heavy atom. The van der Waals surface area contributed by atoms with Crippen LogP contribution in [0.4, 0.5) is 4.79 Å². The smallest absolute Gasteiger partial charge is 0.352 e. The number of hydrogen-bond acceptors (Lipinski definition) is 5. The molecule has 10 heteroatoms. The van der Waals surface area contributed by atoms with E-state index in [0.717, 1.165) is 10.5 Å². The molecule has 1 fully saturated rings. The van der Waals surface area contributed by atoms with E-state index in [-0.39, 0.29) is 11.6 Å². The predicted molar refractivity (Wildman–Crippen MR) is 97.1 cm³/mol. The van der Waals surface area contributed by atoms with E-state index in [2.05, 4.69) is 16.0 Å². The van der Waals surface area contributed by atoms with Crippen molar-refractivity contribution in [2.45, 2.75) is 30.3 Å². The highest BCUT2D eigenvalue weighted by atomic mass is 32.2. The summed E-state index contributed by atoms with van der Waals surface area (Å²) in [5.41, 5.74) is 0.714. The first-order valence-electron chi connectivity index (χ1n) is 8.16. The number of carbonyl (C=O) groups is 4. The Balaban J connectivity index is 1.65. The fraction of sp³-hybridized carbons (Fsp3) is 0.294. The van der Waals surface area contributed by atoms with Crippen molar-refractivity contribution in [3.63, 3.8) is 0 Å². The number of urea groups is 1. The van der Waals surface area contributed by atoms with Gasteiger partial charge in [0.15, 0.2) is 0 Å². The number of carboxylic acids is 1. The molecule has 3 rings (SSSR count). The minimum atomic E-state index is -1.27. The number of carboxylic acid groups (broad SMARTS) is 1. The average molecular weight is 390 g/mol. The van der Waals surface area contributed by atoms with Crippen molar-refractivity contribution in [1.82, 2.24) is 20.9 Å². The molecule has 2 unspecified atom stereocenters. The van der Waals surface area contributed by atoms with Crippen LogP contribution in [0.5, 0.6) is 0 Å². The van der Waals surface area contributed by atoms with Crippen molar-refractivity contribution in [2.75, 3.05) is 0 Å². The summed E-state index contributed by atoms with van der Waals surface area (Å²) in [6.45, 7) is 1.60. The van der Waals surface area contributed by atoms with Crippen LogP contribution >= 0.6 is 11.8 Å². The zero-order valence-corrected chi connectivity index (χ0v) is 15.2. The van der Waals surface area contributed by atoms with Gasteiger partial charge in [0.1, 0.15) is 17.1 Å². The lowest BCUT2D eigenvalue weighted by Gasteiger charge is -2.49. The third kappa shape index (κ3) is 4.05. The molecule has 2 aliphatic rings. The molecule has 4 amide bonds. The Labute approximate surface area is 159 Å². The van der Waals surface area contributed by atoms with Gasteiger partial charge in [0.05, 0.1) is 5.37 Å². The lowest BCUT2D eigenvalue weighted by atomic mass is 10.1. The number of nitrogens with zero attached hydrogens (tertiary/aromatic N) is 1. The first-order valence-corrected chi connectivity index (χ1v) is 9.10. The molecule has 1 aromatic rings. The molecule has 4 N–H and O–H groups in total. The van der Waals surface area contributed by atoms with Crippen LogP contribution in [0.1, 0.15) is 12.5 Å². The van der Waals surface area contributed by atoms with E-state index < -0.39 is 34.7 Å². The fourth-order valence-electron chi connectivity index (χ4n) is 2.83. The lowest BCUT2D eigenvalue weighted by Crippen LogP contribution is -2.71. The standard InChI is InChI=1S/C17H18N4O5S/c1-9(22)19-13-14(23)21-11(16(24)25)7-12(27-15(13)21)20-17(26)18-8-10-5-3-2-4-6-10/h2-7,12-13,15H,8H2,1H3,(H,19,22)(H,24,25)(H2,18,20,26)/t12?,13?,15-/m1/s1. The summed E-state index contributed by atoms with van der Waals surface area (Å²) in [6.07, 6.45) is 1.31. The average Bonchev–Trinajstić information content (AvgIpc) is 2.64. The highest BCUT2D eigenvalue weighted by molar-refractivity contribution is 8.00. The van der Waals surface area contributed by atoms with E-state index in [1.54, 1.807) is 0 Å². The second-order valence-electron chi connectivity index (χ2n) is 6.00. The molecule has 142 valence electrons. The lowest BCUT2D eigenvalue weighted by molar-refractivity contribution is -0.150. The van der Waals surface area contributed by atoms with E-state index in [4.69, 9.17) is 0 Å². The quantitative estimate of drug-likeness (QED) is 0.532. The van der Waals surface area contributed by atoms with Crippen molar-refractivity contribution in [3.8, 4) is 0 Å².